The van der Waals surface area contributed by atoms with Gasteiger partial charge in [0.15, 0.2) is 0 Å². The van der Waals surface area contributed by atoms with Crippen molar-refractivity contribution in [3.8, 4) is 0 Å². The topological polar surface area (TPSA) is 29.1 Å². The van der Waals surface area contributed by atoms with Crippen molar-refractivity contribution in [2.45, 2.75) is 19.3 Å². The van der Waals surface area contributed by atoms with Crippen LogP contribution in [0.15, 0.2) is 18.2 Å². The number of rotatable bonds is 2. The van der Waals surface area contributed by atoms with Crippen molar-refractivity contribution < 1.29 is 4.79 Å². The van der Waals surface area contributed by atoms with Crippen LogP contribution in [-0.2, 0) is 4.79 Å². The van der Waals surface area contributed by atoms with Gasteiger partial charge in [0.25, 0.3) is 0 Å². The summed E-state index contributed by atoms with van der Waals surface area (Å²) in [6.45, 7) is 0. The van der Waals surface area contributed by atoms with Crippen LogP contribution < -0.4 is 5.32 Å². The molecule has 2 nitrogen and oxygen atoms in total. The van der Waals surface area contributed by atoms with Crippen molar-refractivity contribution in [3.63, 3.8) is 0 Å². The van der Waals surface area contributed by atoms with E-state index in [4.69, 9.17) is 23.2 Å². The van der Waals surface area contributed by atoms with E-state index >= 15 is 0 Å². The average molecular weight is 244 g/mol. The average Bonchev–Trinajstić information content (AvgIpc) is 2.08. The monoisotopic (exact) mass is 243 g/mol. The zero-order chi connectivity index (χ0) is 10.8. The number of carbonyl (C=O) groups is 1. The van der Waals surface area contributed by atoms with Gasteiger partial charge in [0.05, 0.1) is 10.0 Å². The number of anilines is 1. The molecule has 0 heterocycles. The predicted octanol–water partition coefficient (Wildman–Crippen LogP) is 3.73. The van der Waals surface area contributed by atoms with E-state index in [1.807, 2.05) is 0 Å². The molecule has 0 aliphatic heterocycles. The fourth-order valence-corrected chi connectivity index (χ4v) is 1.79. The first-order chi connectivity index (χ1) is 7.16. The second kappa shape index (κ2) is 4.42. The minimum absolute atomic E-state index is 0.0830. The zero-order valence-electron chi connectivity index (χ0n) is 8.09. The Morgan fingerprint density at radius 3 is 2.53 bits per heavy atom. The highest BCUT2D eigenvalue weighted by atomic mass is 35.5. The Morgan fingerprint density at radius 2 is 2.00 bits per heavy atom. The van der Waals surface area contributed by atoms with Crippen LogP contribution in [0.1, 0.15) is 19.3 Å². The Bertz CT molecular complexity index is 388. The lowest BCUT2D eigenvalue weighted by atomic mass is 9.85. The molecule has 0 saturated heterocycles. The summed E-state index contributed by atoms with van der Waals surface area (Å²) in [4.78, 5) is 11.6. The maximum Gasteiger partial charge on any atom is 0.227 e. The summed E-state index contributed by atoms with van der Waals surface area (Å²) in [7, 11) is 0. The van der Waals surface area contributed by atoms with Crippen LogP contribution in [0.5, 0.6) is 0 Å². The summed E-state index contributed by atoms with van der Waals surface area (Å²) in [6.07, 6.45) is 3.14. The van der Waals surface area contributed by atoms with Crippen molar-refractivity contribution in [1.82, 2.24) is 0 Å². The van der Waals surface area contributed by atoms with Gasteiger partial charge >= 0.3 is 0 Å². The Kier molecular flexibility index (Phi) is 3.17. The molecule has 1 N–H and O–H groups in total. The molecule has 2 rings (SSSR count). The number of benzene rings is 1. The molecule has 0 radical (unpaired) electrons. The van der Waals surface area contributed by atoms with Gasteiger partial charge in [0.1, 0.15) is 0 Å². The van der Waals surface area contributed by atoms with Gasteiger partial charge in [-0.2, -0.15) is 0 Å². The van der Waals surface area contributed by atoms with Crippen LogP contribution in [0.4, 0.5) is 5.69 Å². The summed E-state index contributed by atoms with van der Waals surface area (Å²) in [5.41, 5.74) is 0.710. The molecule has 1 saturated carbocycles. The highest BCUT2D eigenvalue weighted by molar-refractivity contribution is 6.42. The molecule has 15 heavy (non-hydrogen) atoms. The molecule has 1 aromatic rings. The number of hydrogen-bond donors (Lipinski definition) is 1. The SMILES string of the molecule is O=C(Nc1ccc(Cl)c(Cl)c1)C1CCC1. The van der Waals surface area contributed by atoms with Crippen LogP contribution in [0.2, 0.25) is 10.0 Å². The summed E-state index contributed by atoms with van der Waals surface area (Å²) in [6, 6.07) is 5.10. The van der Waals surface area contributed by atoms with Crippen LogP contribution in [0, 0.1) is 5.92 Å². The van der Waals surface area contributed by atoms with Crippen molar-refractivity contribution in [2.75, 3.05) is 5.32 Å². The lowest BCUT2D eigenvalue weighted by Crippen LogP contribution is -2.27. The van der Waals surface area contributed by atoms with Crippen molar-refractivity contribution >= 4 is 34.8 Å². The van der Waals surface area contributed by atoms with Gasteiger partial charge in [-0.25, -0.2) is 0 Å². The Hall–Kier alpha value is -0.730. The quantitative estimate of drug-likeness (QED) is 0.843. The molecule has 0 atom stereocenters. The molecule has 0 spiro atoms. The molecule has 80 valence electrons. The van der Waals surface area contributed by atoms with Crippen molar-refractivity contribution in [3.05, 3.63) is 28.2 Å². The number of amides is 1. The Labute approximate surface area is 98.6 Å². The molecule has 0 bridgehead atoms. The Morgan fingerprint density at radius 1 is 1.27 bits per heavy atom. The minimum Gasteiger partial charge on any atom is -0.326 e. The third kappa shape index (κ3) is 2.44. The van der Waals surface area contributed by atoms with E-state index in [1.165, 1.54) is 0 Å². The van der Waals surface area contributed by atoms with Gasteiger partial charge in [0.2, 0.25) is 5.91 Å². The number of carbonyl (C=O) groups excluding carboxylic acids is 1. The molecular weight excluding hydrogens is 233 g/mol. The van der Waals surface area contributed by atoms with Crippen LogP contribution in [0.25, 0.3) is 0 Å². The fourth-order valence-electron chi connectivity index (χ4n) is 1.49. The van der Waals surface area contributed by atoms with Crippen LogP contribution in [0.3, 0.4) is 0 Å². The van der Waals surface area contributed by atoms with E-state index in [-0.39, 0.29) is 11.8 Å². The molecule has 1 fully saturated rings. The second-order valence-electron chi connectivity index (χ2n) is 3.75. The van der Waals surface area contributed by atoms with E-state index in [0.29, 0.717) is 15.7 Å². The van der Waals surface area contributed by atoms with Crippen LogP contribution >= 0.6 is 23.2 Å². The van der Waals surface area contributed by atoms with E-state index in [1.54, 1.807) is 18.2 Å². The van der Waals surface area contributed by atoms with E-state index in [2.05, 4.69) is 5.32 Å². The maximum atomic E-state index is 11.6. The summed E-state index contributed by atoms with van der Waals surface area (Å²) in [5.74, 6) is 0.263. The third-order valence-corrected chi connectivity index (χ3v) is 3.40. The molecule has 4 heteroatoms. The van der Waals surface area contributed by atoms with Gasteiger partial charge in [-0.1, -0.05) is 29.6 Å². The van der Waals surface area contributed by atoms with Gasteiger partial charge in [-0.15, -0.1) is 0 Å². The van der Waals surface area contributed by atoms with Gasteiger partial charge in [-0.3, -0.25) is 4.79 Å². The smallest absolute Gasteiger partial charge is 0.227 e. The van der Waals surface area contributed by atoms with E-state index in [0.717, 1.165) is 19.3 Å². The molecule has 1 aromatic carbocycles. The van der Waals surface area contributed by atoms with Crippen molar-refractivity contribution in [1.29, 1.82) is 0 Å². The number of nitrogens with one attached hydrogen (secondary N) is 1. The van der Waals surface area contributed by atoms with E-state index < -0.39 is 0 Å². The maximum absolute atomic E-state index is 11.6. The Balaban J connectivity index is 2.03. The largest absolute Gasteiger partial charge is 0.326 e. The molecule has 0 aromatic heterocycles. The van der Waals surface area contributed by atoms with Crippen LogP contribution in [-0.4, -0.2) is 5.91 Å². The first-order valence-corrected chi connectivity index (χ1v) is 5.68. The first kappa shape index (κ1) is 10.8. The standard InChI is InChI=1S/C11H11Cl2NO/c12-9-5-4-8(6-10(9)13)14-11(15)7-2-1-3-7/h4-7H,1-3H2,(H,14,15). The summed E-state index contributed by atoms with van der Waals surface area (Å²) < 4.78 is 0. The molecule has 1 aliphatic carbocycles. The second-order valence-corrected chi connectivity index (χ2v) is 4.56. The number of hydrogen-bond acceptors (Lipinski definition) is 1. The molecular formula is C11H11Cl2NO. The summed E-state index contributed by atoms with van der Waals surface area (Å²) in [5, 5.41) is 3.79. The highest BCUT2D eigenvalue weighted by Crippen LogP contribution is 2.29. The lowest BCUT2D eigenvalue weighted by Gasteiger charge is -2.24. The first-order valence-electron chi connectivity index (χ1n) is 4.93. The van der Waals surface area contributed by atoms with Gasteiger partial charge in [0, 0.05) is 11.6 Å². The zero-order valence-corrected chi connectivity index (χ0v) is 9.61. The third-order valence-electron chi connectivity index (χ3n) is 2.66. The molecule has 0 unspecified atom stereocenters. The predicted molar refractivity (Wildman–Crippen MR) is 62.4 cm³/mol. The molecule has 1 aliphatic rings. The van der Waals surface area contributed by atoms with Gasteiger partial charge < -0.3 is 5.32 Å². The molecule has 1 amide bonds. The normalized spacial score (nSPS) is 15.9. The highest BCUT2D eigenvalue weighted by Gasteiger charge is 2.25. The summed E-state index contributed by atoms with van der Waals surface area (Å²) >= 11 is 11.6. The minimum atomic E-state index is 0.0830. The van der Waals surface area contributed by atoms with Crippen molar-refractivity contribution in [2.24, 2.45) is 5.92 Å². The van der Waals surface area contributed by atoms with E-state index in [9.17, 15) is 4.79 Å². The number of halogens is 2. The lowest BCUT2D eigenvalue weighted by molar-refractivity contribution is -0.122. The fraction of sp³-hybridized carbons (Fsp3) is 0.364. The van der Waals surface area contributed by atoms with Gasteiger partial charge in [-0.05, 0) is 31.0 Å².